The number of nitrogens with one attached hydrogen (secondary N) is 1. The standard InChI is InChI=1S/C22H23N3O3S2/c1-16-9-10-17(15-20(16)30(27,28)25-13-5-2-6-14-25)23-21(26)11-12-22-24-18-7-3-4-8-19(18)29-22/h3-4,7-12,15H,2,5-6,13-14H2,1H3,(H,23,26). The number of thiazole rings is 1. The number of rotatable bonds is 5. The summed E-state index contributed by atoms with van der Waals surface area (Å²) in [6, 6.07) is 12.8. The Morgan fingerprint density at radius 1 is 1.13 bits per heavy atom. The number of hydrogen-bond donors (Lipinski definition) is 1. The van der Waals surface area contributed by atoms with Gasteiger partial charge in [0.15, 0.2) is 0 Å². The molecule has 0 bridgehead atoms. The van der Waals surface area contributed by atoms with Crippen molar-refractivity contribution in [2.75, 3.05) is 18.4 Å². The van der Waals surface area contributed by atoms with Gasteiger partial charge in [-0.05, 0) is 55.7 Å². The SMILES string of the molecule is Cc1ccc(NC(=O)C=Cc2nc3ccccc3s2)cc1S(=O)(=O)N1CCCCC1. The molecule has 2 aromatic carbocycles. The zero-order valence-corrected chi connectivity index (χ0v) is 18.3. The monoisotopic (exact) mass is 441 g/mol. The fraction of sp³-hybridized carbons (Fsp3) is 0.273. The molecule has 0 radical (unpaired) electrons. The number of sulfonamides is 1. The molecule has 6 nitrogen and oxygen atoms in total. The molecule has 30 heavy (non-hydrogen) atoms. The number of nitrogens with zero attached hydrogens (tertiary/aromatic N) is 2. The van der Waals surface area contributed by atoms with Crippen LogP contribution in [0.4, 0.5) is 5.69 Å². The van der Waals surface area contributed by atoms with Crippen LogP contribution in [0.25, 0.3) is 16.3 Å². The summed E-state index contributed by atoms with van der Waals surface area (Å²) in [6.07, 6.45) is 5.90. The van der Waals surface area contributed by atoms with Crippen molar-refractivity contribution >= 4 is 49.2 Å². The third-order valence-electron chi connectivity index (χ3n) is 5.08. The predicted molar refractivity (Wildman–Crippen MR) is 121 cm³/mol. The van der Waals surface area contributed by atoms with Crippen molar-refractivity contribution in [3.05, 3.63) is 59.1 Å². The van der Waals surface area contributed by atoms with Crippen molar-refractivity contribution in [3.8, 4) is 0 Å². The average molecular weight is 442 g/mol. The summed E-state index contributed by atoms with van der Waals surface area (Å²) in [6.45, 7) is 2.86. The van der Waals surface area contributed by atoms with E-state index in [4.69, 9.17) is 0 Å². The molecule has 0 saturated carbocycles. The van der Waals surface area contributed by atoms with Crippen molar-refractivity contribution in [1.82, 2.24) is 9.29 Å². The molecule has 4 rings (SSSR count). The van der Waals surface area contributed by atoms with Crippen molar-refractivity contribution in [2.45, 2.75) is 31.1 Å². The van der Waals surface area contributed by atoms with Crippen LogP contribution >= 0.6 is 11.3 Å². The average Bonchev–Trinajstić information content (AvgIpc) is 3.17. The van der Waals surface area contributed by atoms with E-state index in [0.29, 0.717) is 24.3 Å². The van der Waals surface area contributed by atoms with E-state index < -0.39 is 10.0 Å². The second-order valence-corrected chi connectivity index (χ2v) is 10.3. The maximum Gasteiger partial charge on any atom is 0.248 e. The molecule has 3 aromatic rings. The van der Waals surface area contributed by atoms with E-state index in [9.17, 15) is 13.2 Å². The molecule has 2 heterocycles. The highest BCUT2D eigenvalue weighted by Crippen LogP contribution is 2.26. The minimum atomic E-state index is -3.57. The summed E-state index contributed by atoms with van der Waals surface area (Å²) in [4.78, 5) is 17.1. The summed E-state index contributed by atoms with van der Waals surface area (Å²) < 4.78 is 28.7. The largest absolute Gasteiger partial charge is 0.322 e. The molecular weight excluding hydrogens is 418 g/mol. The Kier molecular flexibility index (Phi) is 5.99. The number of anilines is 1. The van der Waals surface area contributed by atoms with Gasteiger partial charge in [-0.2, -0.15) is 4.31 Å². The van der Waals surface area contributed by atoms with Gasteiger partial charge in [0.25, 0.3) is 0 Å². The van der Waals surface area contributed by atoms with Crippen LogP contribution in [0.3, 0.4) is 0 Å². The second-order valence-electron chi connectivity index (χ2n) is 7.29. The maximum absolute atomic E-state index is 13.0. The third-order valence-corrected chi connectivity index (χ3v) is 8.12. The molecule has 1 saturated heterocycles. The van der Waals surface area contributed by atoms with E-state index in [1.54, 1.807) is 31.2 Å². The Hall–Kier alpha value is -2.55. The third kappa shape index (κ3) is 4.45. The van der Waals surface area contributed by atoms with E-state index in [-0.39, 0.29) is 10.8 Å². The molecular formula is C22H23N3O3S2. The lowest BCUT2D eigenvalue weighted by Gasteiger charge is -2.26. The molecule has 1 fully saturated rings. The highest BCUT2D eigenvalue weighted by Gasteiger charge is 2.27. The number of para-hydroxylation sites is 1. The number of hydrogen-bond acceptors (Lipinski definition) is 5. The first-order valence-electron chi connectivity index (χ1n) is 9.89. The van der Waals surface area contributed by atoms with E-state index >= 15 is 0 Å². The first-order chi connectivity index (χ1) is 14.4. The van der Waals surface area contributed by atoms with Crippen LogP contribution in [0.2, 0.25) is 0 Å². The van der Waals surface area contributed by atoms with Crippen LogP contribution < -0.4 is 5.32 Å². The van der Waals surface area contributed by atoms with Gasteiger partial charge in [-0.15, -0.1) is 11.3 Å². The van der Waals surface area contributed by atoms with Gasteiger partial charge in [0.1, 0.15) is 5.01 Å². The lowest BCUT2D eigenvalue weighted by molar-refractivity contribution is -0.111. The van der Waals surface area contributed by atoms with Gasteiger partial charge in [0, 0.05) is 24.9 Å². The molecule has 8 heteroatoms. The number of fused-ring (bicyclic) bond motifs is 1. The quantitative estimate of drug-likeness (QED) is 0.594. The molecule has 1 aromatic heterocycles. The number of amides is 1. The molecule has 0 atom stereocenters. The zero-order valence-electron chi connectivity index (χ0n) is 16.7. The first-order valence-corrected chi connectivity index (χ1v) is 12.1. The van der Waals surface area contributed by atoms with Gasteiger partial charge in [-0.1, -0.05) is 24.6 Å². The van der Waals surface area contributed by atoms with Crippen LogP contribution in [-0.2, 0) is 14.8 Å². The Balaban J connectivity index is 1.50. The van der Waals surface area contributed by atoms with E-state index in [1.807, 2.05) is 24.3 Å². The minimum absolute atomic E-state index is 0.248. The van der Waals surface area contributed by atoms with Crippen molar-refractivity contribution in [2.24, 2.45) is 0 Å². The summed E-state index contributed by atoms with van der Waals surface area (Å²) in [5.74, 6) is -0.334. The molecule has 1 amide bonds. The van der Waals surface area contributed by atoms with Crippen LogP contribution in [0.15, 0.2) is 53.4 Å². The second kappa shape index (κ2) is 8.67. The topological polar surface area (TPSA) is 79.4 Å². The smallest absolute Gasteiger partial charge is 0.248 e. The fourth-order valence-electron chi connectivity index (χ4n) is 3.49. The molecule has 156 valence electrons. The number of aromatic nitrogens is 1. The highest BCUT2D eigenvalue weighted by atomic mass is 32.2. The van der Waals surface area contributed by atoms with Crippen LogP contribution in [0.1, 0.15) is 29.8 Å². The lowest BCUT2D eigenvalue weighted by Crippen LogP contribution is -2.36. The molecule has 1 aliphatic heterocycles. The van der Waals surface area contributed by atoms with E-state index in [2.05, 4.69) is 10.3 Å². The zero-order chi connectivity index (χ0) is 21.1. The van der Waals surface area contributed by atoms with Crippen molar-refractivity contribution < 1.29 is 13.2 Å². The Labute approximate surface area is 180 Å². The summed E-state index contributed by atoms with van der Waals surface area (Å²) in [5.41, 5.74) is 2.02. The number of aryl methyl sites for hydroxylation is 1. The van der Waals surface area contributed by atoms with Gasteiger partial charge in [0.05, 0.1) is 15.1 Å². The Bertz CT molecular complexity index is 1180. The van der Waals surface area contributed by atoms with E-state index in [1.165, 1.54) is 21.7 Å². The molecule has 1 aliphatic rings. The lowest BCUT2D eigenvalue weighted by atomic mass is 10.2. The Morgan fingerprint density at radius 2 is 1.90 bits per heavy atom. The summed E-state index contributed by atoms with van der Waals surface area (Å²) in [7, 11) is -3.57. The normalized spacial score (nSPS) is 15.6. The van der Waals surface area contributed by atoms with Gasteiger partial charge < -0.3 is 5.32 Å². The number of carbonyl (C=O) groups is 1. The van der Waals surface area contributed by atoms with Gasteiger partial charge in [-0.25, -0.2) is 13.4 Å². The van der Waals surface area contributed by atoms with Crippen LogP contribution in [0, 0.1) is 6.92 Å². The summed E-state index contributed by atoms with van der Waals surface area (Å²) >= 11 is 1.51. The first kappa shape index (κ1) is 20.7. The van der Waals surface area contributed by atoms with Crippen molar-refractivity contribution in [1.29, 1.82) is 0 Å². The van der Waals surface area contributed by atoms with Crippen LogP contribution in [0.5, 0.6) is 0 Å². The Morgan fingerprint density at radius 3 is 2.67 bits per heavy atom. The highest BCUT2D eigenvalue weighted by molar-refractivity contribution is 7.89. The van der Waals surface area contributed by atoms with Gasteiger partial charge >= 0.3 is 0 Å². The van der Waals surface area contributed by atoms with Crippen molar-refractivity contribution in [3.63, 3.8) is 0 Å². The minimum Gasteiger partial charge on any atom is -0.322 e. The molecule has 0 spiro atoms. The number of piperidine rings is 1. The fourth-order valence-corrected chi connectivity index (χ4v) is 6.13. The van der Waals surface area contributed by atoms with E-state index in [0.717, 1.165) is 34.5 Å². The summed E-state index contributed by atoms with van der Waals surface area (Å²) in [5, 5.41) is 3.50. The number of carbonyl (C=O) groups excluding carboxylic acids is 1. The number of benzene rings is 2. The molecule has 0 unspecified atom stereocenters. The maximum atomic E-state index is 13.0. The molecule has 0 aliphatic carbocycles. The van der Waals surface area contributed by atoms with Gasteiger partial charge in [0.2, 0.25) is 15.9 Å². The van der Waals surface area contributed by atoms with Gasteiger partial charge in [-0.3, -0.25) is 4.79 Å². The molecule has 1 N–H and O–H groups in total. The van der Waals surface area contributed by atoms with Crippen LogP contribution in [-0.4, -0.2) is 36.7 Å². The predicted octanol–water partition coefficient (Wildman–Crippen LogP) is 4.43.